The topological polar surface area (TPSA) is 65.6 Å². The summed E-state index contributed by atoms with van der Waals surface area (Å²) < 4.78 is 4.06. The Bertz CT molecular complexity index is 1240. The number of pyridine rings is 1. The number of aryl methyl sites for hydroxylation is 3. The molecule has 1 aromatic carbocycles. The lowest BCUT2D eigenvalue weighted by atomic mass is 10.1. The van der Waals surface area contributed by atoms with Crippen LogP contribution in [0.4, 0.5) is 0 Å². The molecule has 0 fully saturated rings. The fourth-order valence-electron chi connectivity index (χ4n) is 3.92. The highest BCUT2D eigenvalue weighted by Gasteiger charge is 2.19. The summed E-state index contributed by atoms with van der Waals surface area (Å²) in [5.41, 5.74) is 7.21. The van der Waals surface area contributed by atoms with E-state index in [1.807, 2.05) is 43.7 Å². The summed E-state index contributed by atoms with van der Waals surface area (Å²) in [6.45, 7) is 8.23. The minimum absolute atomic E-state index is 0.0854. The van der Waals surface area contributed by atoms with Crippen LogP contribution in [0, 0.1) is 27.7 Å². The van der Waals surface area contributed by atoms with Crippen molar-refractivity contribution in [2.45, 2.75) is 32.9 Å². The van der Waals surface area contributed by atoms with Crippen LogP contribution in [0.3, 0.4) is 0 Å². The Balaban J connectivity index is 1.55. The van der Waals surface area contributed by atoms with Gasteiger partial charge in [-0.2, -0.15) is 0 Å². The third-order valence-corrected chi connectivity index (χ3v) is 6.32. The molecule has 0 radical (unpaired) electrons. The molecule has 4 aromatic rings. The van der Waals surface area contributed by atoms with Gasteiger partial charge in [-0.15, -0.1) is 10.2 Å². The van der Waals surface area contributed by atoms with Crippen LogP contribution in [0.2, 0.25) is 0 Å². The second kappa shape index (κ2) is 8.51. The highest BCUT2D eigenvalue weighted by molar-refractivity contribution is 7.99. The molecule has 3 aromatic heterocycles. The zero-order chi connectivity index (χ0) is 22.1. The van der Waals surface area contributed by atoms with E-state index >= 15 is 0 Å². The van der Waals surface area contributed by atoms with E-state index in [2.05, 4.69) is 51.8 Å². The summed E-state index contributed by atoms with van der Waals surface area (Å²) in [5, 5.41) is 9.26. The van der Waals surface area contributed by atoms with Crippen LogP contribution in [-0.4, -0.2) is 35.9 Å². The predicted octanol–water partition coefficient (Wildman–Crippen LogP) is 4.88. The van der Waals surface area contributed by atoms with Gasteiger partial charge in [0.2, 0.25) is 0 Å². The number of rotatable bonds is 6. The summed E-state index contributed by atoms with van der Waals surface area (Å²) in [4.78, 5) is 17.1. The molecule has 7 heteroatoms. The molecule has 6 nitrogen and oxygen atoms in total. The van der Waals surface area contributed by atoms with Gasteiger partial charge in [0.1, 0.15) is 0 Å². The third kappa shape index (κ3) is 4.18. The number of hydrogen-bond donors (Lipinski definition) is 0. The Labute approximate surface area is 186 Å². The van der Waals surface area contributed by atoms with Crippen LogP contribution in [-0.2, 0) is 7.05 Å². The molecule has 0 spiro atoms. The number of nitrogens with zero attached hydrogens (tertiary/aromatic N) is 5. The molecular formula is C24H25N5OS. The monoisotopic (exact) mass is 431 g/mol. The van der Waals surface area contributed by atoms with Gasteiger partial charge in [0.25, 0.3) is 0 Å². The maximum atomic E-state index is 13.1. The zero-order valence-electron chi connectivity index (χ0n) is 18.4. The second-order valence-electron chi connectivity index (χ2n) is 7.78. The van der Waals surface area contributed by atoms with Gasteiger partial charge in [-0.05, 0) is 69.2 Å². The van der Waals surface area contributed by atoms with E-state index in [9.17, 15) is 4.79 Å². The van der Waals surface area contributed by atoms with Gasteiger partial charge in [0.05, 0.1) is 5.75 Å². The largest absolute Gasteiger partial charge is 0.318 e. The van der Waals surface area contributed by atoms with E-state index < -0.39 is 0 Å². The Morgan fingerprint density at radius 1 is 0.968 bits per heavy atom. The predicted molar refractivity (Wildman–Crippen MR) is 124 cm³/mol. The molecule has 0 saturated carbocycles. The lowest BCUT2D eigenvalue weighted by Crippen LogP contribution is -2.07. The summed E-state index contributed by atoms with van der Waals surface area (Å²) in [6, 6.07) is 12.2. The van der Waals surface area contributed by atoms with Gasteiger partial charge in [-0.3, -0.25) is 9.78 Å². The molecule has 158 valence electrons. The molecule has 0 saturated heterocycles. The summed E-state index contributed by atoms with van der Waals surface area (Å²) in [7, 11) is 1.91. The van der Waals surface area contributed by atoms with Gasteiger partial charge in [-0.1, -0.05) is 17.8 Å². The standard InChI is InChI=1S/C24H25N5OS/c1-15-10-16(2)12-20(11-15)29-17(3)13-21(18(29)4)22(30)14-31-24-27-26-23(28(24)5)19-6-8-25-9-7-19/h6-13H,14H2,1-5H3. The molecule has 0 aliphatic heterocycles. The SMILES string of the molecule is Cc1cc(C)cc(-n2c(C)cc(C(=O)CSc3nnc(-c4ccncc4)n3C)c2C)c1. The van der Waals surface area contributed by atoms with Gasteiger partial charge in [0, 0.05) is 47.6 Å². The van der Waals surface area contributed by atoms with Crippen LogP contribution in [0.25, 0.3) is 17.1 Å². The normalized spacial score (nSPS) is 11.1. The minimum Gasteiger partial charge on any atom is -0.318 e. The number of Topliss-reactive ketones (excluding diaryl/α,β-unsaturated/α-hetero) is 1. The first-order valence-electron chi connectivity index (χ1n) is 10.1. The number of carbonyl (C=O) groups is 1. The van der Waals surface area contributed by atoms with Crippen molar-refractivity contribution in [3.8, 4) is 17.1 Å². The maximum Gasteiger partial charge on any atom is 0.191 e. The van der Waals surface area contributed by atoms with Crippen molar-refractivity contribution in [1.82, 2.24) is 24.3 Å². The summed E-state index contributed by atoms with van der Waals surface area (Å²) >= 11 is 1.40. The molecule has 0 bridgehead atoms. The minimum atomic E-state index is 0.0854. The Morgan fingerprint density at radius 3 is 2.32 bits per heavy atom. The first kappa shape index (κ1) is 21.1. The number of thioether (sulfide) groups is 1. The van der Waals surface area contributed by atoms with E-state index in [1.165, 1.54) is 22.9 Å². The zero-order valence-corrected chi connectivity index (χ0v) is 19.2. The van der Waals surface area contributed by atoms with E-state index in [1.54, 1.807) is 12.4 Å². The molecule has 0 N–H and O–H groups in total. The first-order chi connectivity index (χ1) is 14.8. The maximum absolute atomic E-state index is 13.1. The van der Waals surface area contributed by atoms with E-state index in [-0.39, 0.29) is 5.78 Å². The molecule has 0 atom stereocenters. The number of aromatic nitrogens is 5. The van der Waals surface area contributed by atoms with Crippen LogP contribution in [0.5, 0.6) is 0 Å². The lowest BCUT2D eigenvalue weighted by Gasteiger charge is -2.12. The second-order valence-corrected chi connectivity index (χ2v) is 8.72. The van der Waals surface area contributed by atoms with Gasteiger partial charge in [0.15, 0.2) is 16.8 Å². The molecule has 31 heavy (non-hydrogen) atoms. The van der Waals surface area contributed by atoms with Crippen LogP contribution in [0.15, 0.2) is 53.9 Å². The molecule has 3 heterocycles. The van der Waals surface area contributed by atoms with Crippen LogP contribution >= 0.6 is 11.8 Å². The Morgan fingerprint density at radius 2 is 1.65 bits per heavy atom. The van der Waals surface area contributed by atoms with Crippen LogP contribution < -0.4 is 0 Å². The average molecular weight is 432 g/mol. The fourth-order valence-corrected chi connectivity index (χ4v) is 4.72. The Hall–Kier alpha value is -3.19. The molecule has 0 aliphatic rings. The average Bonchev–Trinajstić information content (AvgIpc) is 3.25. The highest BCUT2D eigenvalue weighted by atomic mass is 32.2. The van der Waals surface area contributed by atoms with Crippen molar-refractivity contribution < 1.29 is 4.79 Å². The van der Waals surface area contributed by atoms with Gasteiger partial charge in [-0.25, -0.2) is 0 Å². The van der Waals surface area contributed by atoms with Crippen molar-refractivity contribution >= 4 is 17.5 Å². The molecule has 0 aliphatic carbocycles. The summed E-state index contributed by atoms with van der Waals surface area (Å²) in [5.74, 6) is 1.15. The molecule has 0 unspecified atom stereocenters. The van der Waals surface area contributed by atoms with E-state index in [0.29, 0.717) is 10.9 Å². The van der Waals surface area contributed by atoms with Crippen molar-refractivity contribution in [3.63, 3.8) is 0 Å². The van der Waals surface area contributed by atoms with Crippen molar-refractivity contribution in [1.29, 1.82) is 0 Å². The molecular weight excluding hydrogens is 406 g/mol. The lowest BCUT2D eigenvalue weighted by molar-refractivity contribution is 0.102. The van der Waals surface area contributed by atoms with Gasteiger partial charge < -0.3 is 9.13 Å². The van der Waals surface area contributed by atoms with Crippen LogP contribution in [0.1, 0.15) is 32.9 Å². The number of benzene rings is 1. The Kier molecular flexibility index (Phi) is 5.78. The molecule has 0 amide bonds. The smallest absolute Gasteiger partial charge is 0.191 e. The van der Waals surface area contributed by atoms with Crippen molar-refractivity contribution in [2.75, 3.05) is 5.75 Å². The number of hydrogen-bond acceptors (Lipinski definition) is 5. The van der Waals surface area contributed by atoms with E-state index in [0.717, 1.165) is 34.0 Å². The first-order valence-corrected chi connectivity index (χ1v) is 11.1. The number of carbonyl (C=O) groups excluding carboxylic acids is 1. The highest BCUT2D eigenvalue weighted by Crippen LogP contribution is 2.26. The number of ketones is 1. The van der Waals surface area contributed by atoms with Crippen molar-refractivity contribution in [2.24, 2.45) is 7.05 Å². The van der Waals surface area contributed by atoms with Gasteiger partial charge >= 0.3 is 0 Å². The fraction of sp³-hybridized carbons (Fsp3) is 0.250. The quantitative estimate of drug-likeness (QED) is 0.322. The van der Waals surface area contributed by atoms with Crippen molar-refractivity contribution in [3.05, 3.63) is 76.9 Å². The summed E-state index contributed by atoms with van der Waals surface area (Å²) in [6.07, 6.45) is 3.46. The molecule has 4 rings (SSSR count). The third-order valence-electron chi connectivity index (χ3n) is 5.30. The van der Waals surface area contributed by atoms with E-state index in [4.69, 9.17) is 0 Å².